The maximum atomic E-state index is 10.1. The second-order valence-corrected chi connectivity index (χ2v) is 3.64. The van der Waals surface area contributed by atoms with Gasteiger partial charge in [-0.2, -0.15) is 4.91 Å². The third kappa shape index (κ3) is 3.47. The highest BCUT2D eigenvalue weighted by Gasteiger charge is 2.21. The maximum absolute atomic E-state index is 10.1. The van der Waals surface area contributed by atoms with E-state index in [1.807, 2.05) is 0 Å². The molecule has 0 amide bonds. The number of carbonyl (C=O) groups excluding carboxylic acids is 1. The van der Waals surface area contributed by atoms with Gasteiger partial charge in [-0.3, -0.25) is 0 Å². The van der Waals surface area contributed by atoms with Crippen molar-refractivity contribution in [3.8, 4) is 0 Å². The molecule has 0 N–H and O–H groups in total. The summed E-state index contributed by atoms with van der Waals surface area (Å²) in [5, 5.41) is 2.92. The van der Waals surface area contributed by atoms with E-state index in [1.54, 1.807) is 6.08 Å². The van der Waals surface area contributed by atoms with E-state index in [2.05, 4.69) is 10.2 Å². The zero-order chi connectivity index (χ0) is 9.52. The van der Waals surface area contributed by atoms with Crippen LogP contribution < -0.4 is 0 Å². The molecule has 2 unspecified atom stereocenters. The van der Waals surface area contributed by atoms with E-state index in [-0.39, 0.29) is 0 Å². The van der Waals surface area contributed by atoms with Crippen LogP contribution in [-0.4, -0.2) is 19.2 Å². The van der Waals surface area contributed by atoms with Crippen LogP contribution in [0.15, 0.2) is 10.2 Å². The fourth-order valence-corrected chi connectivity index (χ4v) is 2.01. The highest BCUT2D eigenvalue weighted by Crippen LogP contribution is 2.29. The second-order valence-electron chi connectivity index (χ2n) is 3.64. The van der Waals surface area contributed by atoms with Gasteiger partial charge in [0.05, 0.1) is 13.1 Å². The Bertz CT molecular complexity index is 212. The molecule has 0 aromatic heterocycles. The number of nitroso groups, excluding NO2 is 1. The first-order valence-electron chi connectivity index (χ1n) is 4.69. The molecule has 0 aromatic carbocycles. The number of hydrogen-bond acceptors (Lipinski definition) is 4. The third-order valence-electron chi connectivity index (χ3n) is 2.64. The molecule has 0 radical (unpaired) electrons. The van der Waals surface area contributed by atoms with Gasteiger partial charge in [-0.05, 0) is 31.1 Å². The number of nitrogens with zero attached hydrogens (tertiary/aromatic N) is 2. The van der Waals surface area contributed by atoms with Crippen LogP contribution in [0.3, 0.4) is 0 Å². The van der Waals surface area contributed by atoms with Crippen molar-refractivity contribution in [1.82, 2.24) is 0 Å². The lowest BCUT2D eigenvalue weighted by atomic mass is 9.81. The summed E-state index contributed by atoms with van der Waals surface area (Å²) in [6, 6.07) is 0. The molecule has 0 spiro atoms. The minimum Gasteiger partial charge on any atom is -0.211 e. The molecule has 1 fully saturated rings. The van der Waals surface area contributed by atoms with Gasteiger partial charge >= 0.3 is 0 Å². The first-order chi connectivity index (χ1) is 6.36. The van der Waals surface area contributed by atoms with E-state index in [0.717, 1.165) is 25.7 Å². The fourth-order valence-electron chi connectivity index (χ4n) is 2.01. The van der Waals surface area contributed by atoms with Crippen LogP contribution in [0.5, 0.6) is 0 Å². The van der Waals surface area contributed by atoms with Crippen molar-refractivity contribution in [3.05, 3.63) is 4.91 Å². The molecule has 0 bridgehead atoms. The number of aliphatic imine (C=N–C) groups is 1. The minimum absolute atomic E-state index is 0.415. The Morgan fingerprint density at radius 2 is 1.92 bits per heavy atom. The van der Waals surface area contributed by atoms with Gasteiger partial charge < -0.3 is 0 Å². The molecule has 2 atom stereocenters. The lowest BCUT2D eigenvalue weighted by molar-refractivity contribution is 0.277. The van der Waals surface area contributed by atoms with E-state index in [4.69, 9.17) is 0 Å². The lowest BCUT2D eigenvalue weighted by Gasteiger charge is -2.25. The Kier molecular flexibility index (Phi) is 4.33. The summed E-state index contributed by atoms with van der Waals surface area (Å²) in [5.41, 5.74) is 0. The Labute approximate surface area is 77.4 Å². The van der Waals surface area contributed by atoms with Crippen LogP contribution in [0, 0.1) is 16.7 Å². The van der Waals surface area contributed by atoms with Crippen molar-refractivity contribution in [2.75, 3.05) is 13.1 Å². The Hall–Kier alpha value is -1.02. The van der Waals surface area contributed by atoms with Crippen LogP contribution in [-0.2, 0) is 4.79 Å². The molecule has 0 saturated heterocycles. The van der Waals surface area contributed by atoms with Gasteiger partial charge in [-0.1, -0.05) is 11.6 Å². The molecule has 1 aliphatic rings. The summed E-state index contributed by atoms with van der Waals surface area (Å²) in [7, 11) is 0. The van der Waals surface area contributed by atoms with Gasteiger partial charge in [0.25, 0.3) is 0 Å². The number of rotatable bonds is 4. The summed E-state index contributed by atoms with van der Waals surface area (Å²) in [6.07, 6.45) is 5.86. The van der Waals surface area contributed by atoms with E-state index in [1.165, 1.54) is 0 Å². The average Bonchev–Trinajstić information content (AvgIpc) is 2.16. The molecule has 0 heterocycles. The Morgan fingerprint density at radius 1 is 1.23 bits per heavy atom. The molecule has 4 nitrogen and oxygen atoms in total. The summed E-state index contributed by atoms with van der Waals surface area (Å²) in [4.78, 5) is 23.5. The Balaban J connectivity index is 2.32. The minimum atomic E-state index is 0.415. The maximum Gasteiger partial charge on any atom is 0.234 e. The predicted molar refractivity (Wildman–Crippen MR) is 49.1 cm³/mol. The fraction of sp³-hybridized carbons (Fsp3) is 0.889. The molecule has 13 heavy (non-hydrogen) atoms. The third-order valence-corrected chi connectivity index (χ3v) is 2.64. The highest BCUT2D eigenvalue weighted by molar-refractivity contribution is 5.32. The summed E-state index contributed by atoms with van der Waals surface area (Å²) in [6.45, 7) is 0.986. The van der Waals surface area contributed by atoms with Gasteiger partial charge in [0.15, 0.2) is 0 Å². The Morgan fingerprint density at radius 3 is 2.54 bits per heavy atom. The molecule has 0 aliphatic heterocycles. The van der Waals surface area contributed by atoms with Crippen LogP contribution >= 0.6 is 0 Å². The number of isocyanates is 1. The van der Waals surface area contributed by atoms with Crippen molar-refractivity contribution < 1.29 is 4.79 Å². The normalized spacial score (nSPS) is 27.7. The van der Waals surface area contributed by atoms with Crippen LogP contribution in [0.2, 0.25) is 0 Å². The standard InChI is InChI=1S/C9H14N2O2/c12-7-10-5-8-2-1-3-9(4-8)6-11-13/h8-9H,1-6H2. The summed E-state index contributed by atoms with van der Waals surface area (Å²) < 4.78 is 0. The lowest BCUT2D eigenvalue weighted by Crippen LogP contribution is -2.19. The average molecular weight is 182 g/mol. The van der Waals surface area contributed by atoms with E-state index in [0.29, 0.717) is 24.9 Å². The summed E-state index contributed by atoms with van der Waals surface area (Å²) >= 11 is 0. The zero-order valence-electron chi connectivity index (χ0n) is 7.61. The van der Waals surface area contributed by atoms with E-state index < -0.39 is 0 Å². The molecule has 1 rings (SSSR count). The van der Waals surface area contributed by atoms with E-state index >= 15 is 0 Å². The van der Waals surface area contributed by atoms with Crippen molar-refractivity contribution in [1.29, 1.82) is 0 Å². The molecule has 0 aromatic rings. The predicted octanol–water partition coefficient (Wildman–Crippen LogP) is 1.90. The molecule has 72 valence electrons. The van der Waals surface area contributed by atoms with Gasteiger partial charge in [0.2, 0.25) is 6.08 Å². The van der Waals surface area contributed by atoms with Crippen LogP contribution in [0.4, 0.5) is 0 Å². The number of hydrogen-bond donors (Lipinski definition) is 0. The molecule has 1 aliphatic carbocycles. The van der Waals surface area contributed by atoms with Gasteiger partial charge in [0, 0.05) is 0 Å². The molecular formula is C9H14N2O2. The van der Waals surface area contributed by atoms with Crippen molar-refractivity contribution in [2.45, 2.75) is 25.7 Å². The van der Waals surface area contributed by atoms with E-state index in [9.17, 15) is 9.70 Å². The largest absolute Gasteiger partial charge is 0.234 e. The summed E-state index contributed by atoms with van der Waals surface area (Å²) in [5.74, 6) is 0.875. The van der Waals surface area contributed by atoms with Crippen molar-refractivity contribution in [3.63, 3.8) is 0 Å². The monoisotopic (exact) mass is 182 g/mol. The highest BCUT2D eigenvalue weighted by atomic mass is 16.3. The molecule has 1 saturated carbocycles. The first-order valence-corrected chi connectivity index (χ1v) is 4.69. The smallest absolute Gasteiger partial charge is 0.211 e. The topological polar surface area (TPSA) is 58.9 Å². The molecule has 4 heteroatoms. The van der Waals surface area contributed by atoms with Gasteiger partial charge in [-0.25, -0.2) is 9.79 Å². The molecular weight excluding hydrogens is 168 g/mol. The second kappa shape index (κ2) is 5.60. The van der Waals surface area contributed by atoms with Crippen molar-refractivity contribution in [2.24, 2.45) is 22.0 Å². The van der Waals surface area contributed by atoms with Crippen molar-refractivity contribution >= 4 is 6.08 Å². The quantitative estimate of drug-likeness (QED) is 0.378. The SMILES string of the molecule is O=C=NCC1CCCC(CN=O)C1. The van der Waals surface area contributed by atoms with Crippen LogP contribution in [0.1, 0.15) is 25.7 Å². The first kappa shape index (κ1) is 10.1. The van der Waals surface area contributed by atoms with Gasteiger partial charge in [0.1, 0.15) is 0 Å². The van der Waals surface area contributed by atoms with Crippen LogP contribution in [0.25, 0.3) is 0 Å². The zero-order valence-corrected chi connectivity index (χ0v) is 7.61. The van der Waals surface area contributed by atoms with Gasteiger partial charge in [-0.15, -0.1) is 0 Å².